The molecule has 0 spiro atoms. The molecule has 1 N–H and O–H groups in total. The molecule has 2 aromatic rings. The van der Waals surface area contributed by atoms with Crippen LogP contribution in [0.15, 0.2) is 29.6 Å². The second kappa shape index (κ2) is 7.57. The number of carbonyl (C=O) groups excluding carboxylic acids is 3. The number of rotatable bonds is 7. The number of hydrogen-bond donors (Lipinski definition) is 1. The third-order valence-electron chi connectivity index (χ3n) is 3.99. The van der Waals surface area contributed by atoms with Gasteiger partial charge in [0.05, 0.1) is 16.1 Å². The van der Waals surface area contributed by atoms with E-state index in [2.05, 4.69) is 10.3 Å². The van der Waals surface area contributed by atoms with E-state index < -0.39 is 0 Å². The van der Waals surface area contributed by atoms with Crippen molar-refractivity contribution >= 4 is 29.1 Å². The van der Waals surface area contributed by atoms with Crippen LogP contribution in [0.3, 0.4) is 0 Å². The molecule has 0 atom stereocenters. The Bertz CT molecular complexity index is 780. The van der Waals surface area contributed by atoms with Crippen molar-refractivity contribution in [2.24, 2.45) is 0 Å². The van der Waals surface area contributed by atoms with Crippen molar-refractivity contribution in [2.75, 3.05) is 13.1 Å². The zero-order valence-electron chi connectivity index (χ0n) is 13.9. The lowest BCUT2D eigenvalue weighted by Gasteiger charge is -2.13. The van der Waals surface area contributed by atoms with Crippen LogP contribution in [0, 0.1) is 6.92 Å². The molecular weight excluding hydrogens is 338 g/mol. The highest BCUT2D eigenvalue weighted by atomic mass is 32.1. The van der Waals surface area contributed by atoms with Gasteiger partial charge in [0.15, 0.2) is 0 Å². The van der Waals surface area contributed by atoms with E-state index in [9.17, 15) is 14.4 Å². The van der Waals surface area contributed by atoms with Crippen LogP contribution < -0.4 is 5.32 Å². The van der Waals surface area contributed by atoms with E-state index in [4.69, 9.17) is 0 Å². The number of carbonyl (C=O) groups is 3. The summed E-state index contributed by atoms with van der Waals surface area (Å²) in [6.07, 6.45) is 1.45. The molecule has 0 saturated carbocycles. The van der Waals surface area contributed by atoms with Gasteiger partial charge in [0.2, 0.25) is 5.91 Å². The van der Waals surface area contributed by atoms with E-state index in [1.54, 1.807) is 35.6 Å². The lowest BCUT2D eigenvalue weighted by atomic mass is 10.1. The molecule has 6 nitrogen and oxygen atoms in total. The summed E-state index contributed by atoms with van der Waals surface area (Å²) in [4.78, 5) is 41.9. The number of hydrogen-bond acceptors (Lipinski definition) is 5. The topological polar surface area (TPSA) is 79.4 Å². The zero-order valence-corrected chi connectivity index (χ0v) is 14.8. The maximum absolute atomic E-state index is 12.2. The van der Waals surface area contributed by atoms with Gasteiger partial charge in [-0.15, -0.1) is 11.3 Å². The molecule has 3 amide bonds. The fourth-order valence-electron chi connectivity index (χ4n) is 2.75. The second-order valence-corrected chi connectivity index (χ2v) is 6.84. The van der Waals surface area contributed by atoms with Gasteiger partial charge in [0.25, 0.3) is 11.8 Å². The Labute approximate surface area is 149 Å². The molecule has 130 valence electrons. The number of amides is 3. The lowest BCUT2D eigenvalue weighted by Crippen LogP contribution is -2.32. The minimum Gasteiger partial charge on any atom is -0.356 e. The highest BCUT2D eigenvalue weighted by molar-refractivity contribution is 7.09. The Morgan fingerprint density at radius 2 is 1.88 bits per heavy atom. The van der Waals surface area contributed by atoms with Crippen molar-refractivity contribution in [3.05, 3.63) is 51.5 Å². The quantitative estimate of drug-likeness (QED) is 0.771. The van der Waals surface area contributed by atoms with Crippen molar-refractivity contribution in [1.82, 2.24) is 15.2 Å². The lowest BCUT2D eigenvalue weighted by molar-refractivity contribution is -0.121. The van der Waals surface area contributed by atoms with Crippen LogP contribution in [0.2, 0.25) is 0 Å². The highest BCUT2D eigenvalue weighted by Gasteiger charge is 2.34. The van der Waals surface area contributed by atoms with Gasteiger partial charge in [0.1, 0.15) is 0 Å². The first kappa shape index (κ1) is 17.3. The Morgan fingerprint density at radius 1 is 1.20 bits per heavy atom. The molecule has 7 heteroatoms. The van der Waals surface area contributed by atoms with Gasteiger partial charge in [-0.1, -0.05) is 12.1 Å². The maximum Gasteiger partial charge on any atom is 0.261 e. The van der Waals surface area contributed by atoms with Crippen molar-refractivity contribution in [2.45, 2.75) is 26.2 Å². The third kappa shape index (κ3) is 3.93. The van der Waals surface area contributed by atoms with Crippen LogP contribution in [0.25, 0.3) is 0 Å². The average molecular weight is 357 g/mol. The Kier molecular flexibility index (Phi) is 5.23. The summed E-state index contributed by atoms with van der Waals surface area (Å²) >= 11 is 1.59. The second-order valence-electron chi connectivity index (χ2n) is 5.89. The standard InChI is InChI=1S/C18H19N3O3S/c1-12-11-25-16(20-12)8-9-19-15(22)7-4-10-21-17(23)13-5-2-3-6-14(13)18(21)24/h2-3,5-6,11H,4,7-10H2,1H3,(H,19,22). The number of imide groups is 1. The zero-order chi connectivity index (χ0) is 17.8. The summed E-state index contributed by atoms with van der Waals surface area (Å²) in [5.41, 5.74) is 1.87. The SMILES string of the molecule is Cc1csc(CCNC(=O)CCCN2C(=O)c3ccccc3C2=O)n1. The molecule has 0 fully saturated rings. The molecular formula is C18H19N3O3S. The first-order chi connectivity index (χ1) is 12.1. The molecule has 0 unspecified atom stereocenters. The van der Waals surface area contributed by atoms with Gasteiger partial charge in [-0.05, 0) is 25.5 Å². The Morgan fingerprint density at radius 3 is 2.48 bits per heavy atom. The number of nitrogens with one attached hydrogen (secondary N) is 1. The van der Waals surface area contributed by atoms with Gasteiger partial charge in [-0.3, -0.25) is 19.3 Å². The van der Waals surface area contributed by atoms with E-state index in [0.29, 0.717) is 30.5 Å². The number of thiazole rings is 1. The molecule has 0 aliphatic carbocycles. The third-order valence-corrected chi connectivity index (χ3v) is 5.02. The van der Waals surface area contributed by atoms with Crippen molar-refractivity contribution in [1.29, 1.82) is 0 Å². The van der Waals surface area contributed by atoms with Crippen molar-refractivity contribution < 1.29 is 14.4 Å². The van der Waals surface area contributed by atoms with Gasteiger partial charge < -0.3 is 5.32 Å². The van der Waals surface area contributed by atoms with Crippen molar-refractivity contribution in [3.63, 3.8) is 0 Å². The normalized spacial score (nSPS) is 13.2. The van der Waals surface area contributed by atoms with Gasteiger partial charge in [0, 0.05) is 37.0 Å². The monoisotopic (exact) mass is 357 g/mol. The predicted octanol–water partition coefficient (Wildman–Crippen LogP) is 2.19. The summed E-state index contributed by atoms with van der Waals surface area (Å²) in [5, 5.41) is 5.83. The number of aryl methyl sites for hydroxylation is 1. The van der Waals surface area contributed by atoms with E-state index in [1.165, 1.54) is 4.90 Å². The van der Waals surface area contributed by atoms with Gasteiger partial charge >= 0.3 is 0 Å². The largest absolute Gasteiger partial charge is 0.356 e. The van der Waals surface area contributed by atoms with Crippen LogP contribution in [0.5, 0.6) is 0 Å². The molecule has 1 aliphatic rings. The predicted molar refractivity (Wildman–Crippen MR) is 94.6 cm³/mol. The van der Waals surface area contributed by atoms with E-state index >= 15 is 0 Å². The van der Waals surface area contributed by atoms with Crippen LogP contribution in [0.4, 0.5) is 0 Å². The molecule has 0 radical (unpaired) electrons. The Hall–Kier alpha value is -2.54. The van der Waals surface area contributed by atoms with Crippen molar-refractivity contribution in [3.8, 4) is 0 Å². The van der Waals surface area contributed by atoms with E-state index in [0.717, 1.165) is 10.7 Å². The summed E-state index contributed by atoms with van der Waals surface area (Å²) in [7, 11) is 0. The van der Waals surface area contributed by atoms with Crippen LogP contribution in [-0.4, -0.2) is 40.7 Å². The molecule has 3 rings (SSSR count). The Balaban J connectivity index is 1.40. The molecule has 0 saturated heterocycles. The van der Waals surface area contributed by atoms with Gasteiger partial charge in [-0.2, -0.15) is 0 Å². The summed E-state index contributed by atoms with van der Waals surface area (Å²) in [6, 6.07) is 6.79. The van der Waals surface area contributed by atoms with Crippen LogP contribution >= 0.6 is 11.3 Å². The highest BCUT2D eigenvalue weighted by Crippen LogP contribution is 2.22. The van der Waals surface area contributed by atoms with E-state index in [-0.39, 0.29) is 30.7 Å². The number of benzene rings is 1. The molecule has 0 bridgehead atoms. The smallest absolute Gasteiger partial charge is 0.261 e. The summed E-state index contributed by atoms with van der Waals surface area (Å²) < 4.78 is 0. The van der Waals surface area contributed by atoms with Crippen LogP contribution in [-0.2, 0) is 11.2 Å². The first-order valence-corrected chi connectivity index (χ1v) is 9.07. The van der Waals surface area contributed by atoms with Gasteiger partial charge in [-0.25, -0.2) is 4.98 Å². The molecule has 1 aliphatic heterocycles. The summed E-state index contributed by atoms with van der Waals surface area (Å²) in [6.45, 7) is 2.74. The van der Waals surface area contributed by atoms with E-state index in [1.807, 2.05) is 12.3 Å². The minimum absolute atomic E-state index is 0.0788. The average Bonchev–Trinajstić information content (AvgIpc) is 3.12. The fourth-order valence-corrected chi connectivity index (χ4v) is 3.53. The molecule has 1 aromatic heterocycles. The summed E-state index contributed by atoms with van der Waals surface area (Å²) in [5.74, 6) is -0.634. The molecule has 2 heterocycles. The first-order valence-electron chi connectivity index (χ1n) is 8.19. The van der Waals surface area contributed by atoms with Crippen LogP contribution in [0.1, 0.15) is 44.3 Å². The maximum atomic E-state index is 12.2. The number of nitrogens with zero attached hydrogens (tertiary/aromatic N) is 2. The number of aromatic nitrogens is 1. The fraction of sp³-hybridized carbons (Fsp3) is 0.333. The molecule has 1 aromatic carbocycles. The molecule has 25 heavy (non-hydrogen) atoms. The minimum atomic E-state index is -0.278. The number of fused-ring (bicyclic) bond motifs is 1.